The number of methoxy groups -OCH3 is 2. The van der Waals surface area contributed by atoms with Crippen molar-refractivity contribution >= 4 is 12.4 Å². The van der Waals surface area contributed by atoms with Crippen LogP contribution in [0.25, 0.3) is 0 Å². The summed E-state index contributed by atoms with van der Waals surface area (Å²) in [5.74, 6) is 1.51. The molecule has 0 spiro atoms. The van der Waals surface area contributed by atoms with Crippen molar-refractivity contribution in [1.82, 2.24) is 5.32 Å². The molecule has 1 atom stereocenters. The van der Waals surface area contributed by atoms with Crippen molar-refractivity contribution in [2.24, 2.45) is 0 Å². The number of nitrogens with one attached hydrogen (secondary N) is 1. The van der Waals surface area contributed by atoms with Gasteiger partial charge in [0.05, 0.1) is 33.5 Å². The summed E-state index contributed by atoms with van der Waals surface area (Å²) < 4.78 is 15.9. The van der Waals surface area contributed by atoms with Gasteiger partial charge in [-0.15, -0.1) is 12.4 Å². The average molecular weight is 260 g/mol. The van der Waals surface area contributed by atoms with E-state index in [0.717, 1.165) is 30.2 Å². The molecule has 1 fully saturated rings. The Bertz CT molecular complexity index is 354. The van der Waals surface area contributed by atoms with Crippen molar-refractivity contribution in [2.45, 2.75) is 6.04 Å². The van der Waals surface area contributed by atoms with Crippen LogP contribution in [0.15, 0.2) is 18.2 Å². The highest BCUT2D eigenvalue weighted by atomic mass is 35.5. The first-order chi connectivity index (χ1) is 7.85. The number of benzene rings is 1. The molecule has 0 radical (unpaired) electrons. The fourth-order valence-corrected chi connectivity index (χ4v) is 1.85. The second-order valence-electron chi connectivity index (χ2n) is 3.70. The molecule has 1 N–H and O–H groups in total. The highest BCUT2D eigenvalue weighted by Gasteiger charge is 2.16. The Hall–Kier alpha value is -0.970. The van der Waals surface area contributed by atoms with Gasteiger partial charge >= 0.3 is 0 Å². The largest absolute Gasteiger partial charge is 0.493 e. The number of halogens is 1. The minimum Gasteiger partial charge on any atom is -0.493 e. The minimum absolute atomic E-state index is 0. The fourth-order valence-electron chi connectivity index (χ4n) is 1.85. The third-order valence-corrected chi connectivity index (χ3v) is 2.73. The Morgan fingerprint density at radius 3 is 2.59 bits per heavy atom. The van der Waals surface area contributed by atoms with Gasteiger partial charge in [-0.1, -0.05) is 6.07 Å². The Morgan fingerprint density at radius 1 is 1.24 bits per heavy atom. The Kier molecular flexibility index (Phi) is 5.55. The van der Waals surface area contributed by atoms with Crippen LogP contribution in [0.1, 0.15) is 11.6 Å². The SMILES string of the molecule is COc1ccc([C@@H]2COCCN2)cc1OC.Cl. The molecule has 0 bridgehead atoms. The molecule has 0 amide bonds. The maximum absolute atomic E-state index is 5.43. The van der Waals surface area contributed by atoms with Crippen LogP contribution in [0.5, 0.6) is 11.5 Å². The van der Waals surface area contributed by atoms with E-state index in [1.807, 2.05) is 18.2 Å². The molecule has 1 aromatic carbocycles. The summed E-state index contributed by atoms with van der Waals surface area (Å²) in [5.41, 5.74) is 1.16. The molecule has 1 saturated heterocycles. The van der Waals surface area contributed by atoms with E-state index >= 15 is 0 Å². The van der Waals surface area contributed by atoms with E-state index < -0.39 is 0 Å². The van der Waals surface area contributed by atoms with Crippen molar-refractivity contribution in [2.75, 3.05) is 34.0 Å². The van der Waals surface area contributed by atoms with Crippen LogP contribution in [0.2, 0.25) is 0 Å². The topological polar surface area (TPSA) is 39.7 Å². The van der Waals surface area contributed by atoms with E-state index in [0.29, 0.717) is 6.61 Å². The van der Waals surface area contributed by atoms with Gasteiger partial charge in [0, 0.05) is 6.54 Å². The molecular formula is C12H18ClNO3. The first kappa shape index (κ1) is 14.1. The minimum atomic E-state index is 0. The van der Waals surface area contributed by atoms with Crippen molar-refractivity contribution in [3.63, 3.8) is 0 Å². The molecule has 1 aliphatic rings. The molecule has 1 aliphatic heterocycles. The van der Waals surface area contributed by atoms with Gasteiger partial charge in [-0.25, -0.2) is 0 Å². The predicted octanol–water partition coefficient (Wildman–Crippen LogP) is 1.79. The monoisotopic (exact) mass is 259 g/mol. The molecule has 0 saturated carbocycles. The molecule has 5 heteroatoms. The van der Waals surface area contributed by atoms with Crippen LogP contribution < -0.4 is 14.8 Å². The van der Waals surface area contributed by atoms with E-state index in [1.54, 1.807) is 14.2 Å². The summed E-state index contributed by atoms with van der Waals surface area (Å²) in [4.78, 5) is 0. The summed E-state index contributed by atoms with van der Waals surface area (Å²) in [6, 6.07) is 6.19. The summed E-state index contributed by atoms with van der Waals surface area (Å²) >= 11 is 0. The van der Waals surface area contributed by atoms with Gasteiger partial charge in [0.1, 0.15) is 0 Å². The average Bonchev–Trinajstić information content (AvgIpc) is 2.39. The van der Waals surface area contributed by atoms with E-state index in [1.165, 1.54) is 0 Å². The lowest BCUT2D eigenvalue weighted by Gasteiger charge is -2.24. The third-order valence-electron chi connectivity index (χ3n) is 2.73. The van der Waals surface area contributed by atoms with Crippen LogP contribution >= 0.6 is 12.4 Å². The fraction of sp³-hybridized carbons (Fsp3) is 0.500. The standard InChI is InChI=1S/C12H17NO3.ClH/c1-14-11-4-3-9(7-12(11)15-2)10-8-16-6-5-13-10;/h3-4,7,10,13H,5-6,8H2,1-2H3;1H/t10-;/m0./s1. The van der Waals surface area contributed by atoms with Gasteiger partial charge in [0.25, 0.3) is 0 Å². The van der Waals surface area contributed by atoms with Gasteiger partial charge in [-0.3, -0.25) is 0 Å². The quantitative estimate of drug-likeness (QED) is 0.898. The molecule has 96 valence electrons. The number of hydrogen-bond donors (Lipinski definition) is 1. The summed E-state index contributed by atoms with van der Waals surface area (Å²) in [7, 11) is 3.28. The second kappa shape index (κ2) is 6.69. The van der Waals surface area contributed by atoms with Crippen LogP contribution in [-0.4, -0.2) is 34.0 Å². The second-order valence-corrected chi connectivity index (χ2v) is 3.70. The Labute approximate surface area is 108 Å². The smallest absolute Gasteiger partial charge is 0.161 e. The first-order valence-electron chi connectivity index (χ1n) is 5.38. The van der Waals surface area contributed by atoms with Crippen LogP contribution in [0.3, 0.4) is 0 Å². The summed E-state index contributed by atoms with van der Waals surface area (Å²) in [5, 5.41) is 3.40. The first-order valence-corrected chi connectivity index (χ1v) is 5.38. The molecule has 0 aromatic heterocycles. The van der Waals surface area contributed by atoms with Gasteiger partial charge in [0.2, 0.25) is 0 Å². The lowest BCUT2D eigenvalue weighted by atomic mass is 10.1. The zero-order valence-electron chi connectivity index (χ0n) is 10.1. The number of ether oxygens (including phenoxy) is 3. The summed E-state index contributed by atoms with van der Waals surface area (Å²) in [6.07, 6.45) is 0. The Morgan fingerprint density at radius 2 is 2.00 bits per heavy atom. The zero-order valence-corrected chi connectivity index (χ0v) is 10.9. The lowest BCUT2D eigenvalue weighted by Crippen LogP contribution is -2.34. The predicted molar refractivity (Wildman–Crippen MR) is 68.4 cm³/mol. The number of rotatable bonds is 3. The van der Waals surface area contributed by atoms with Gasteiger partial charge in [-0.05, 0) is 17.7 Å². The highest BCUT2D eigenvalue weighted by molar-refractivity contribution is 5.85. The zero-order chi connectivity index (χ0) is 11.4. The molecule has 0 aliphatic carbocycles. The number of morpholine rings is 1. The molecule has 0 unspecified atom stereocenters. The summed E-state index contributed by atoms with van der Waals surface area (Å²) in [6.45, 7) is 2.37. The Balaban J connectivity index is 0.00000144. The molecule has 1 aromatic rings. The van der Waals surface area contributed by atoms with Gasteiger partial charge < -0.3 is 19.5 Å². The normalized spacial score (nSPS) is 19.3. The van der Waals surface area contributed by atoms with E-state index in [9.17, 15) is 0 Å². The van der Waals surface area contributed by atoms with Crippen molar-refractivity contribution in [1.29, 1.82) is 0 Å². The van der Waals surface area contributed by atoms with Crippen LogP contribution in [0.4, 0.5) is 0 Å². The lowest BCUT2D eigenvalue weighted by molar-refractivity contribution is 0.0768. The molecular weight excluding hydrogens is 242 g/mol. The van der Waals surface area contributed by atoms with E-state index in [-0.39, 0.29) is 18.4 Å². The van der Waals surface area contributed by atoms with Crippen LogP contribution in [0, 0.1) is 0 Å². The van der Waals surface area contributed by atoms with Gasteiger partial charge in [0.15, 0.2) is 11.5 Å². The van der Waals surface area contributed by atoms with Gasteiger partial charge in [-0.2, -0.15) is 0 Å². The molecule has 17 heavy (non-hydrogen) atoms. The van der Waals surface area contributed by atoms with Crippen molar-refractivity contribution in [3.05, 3.63) is 23.8 Å². The van der Waals surface area contributed by atoms with E-state index in [2.05, 4.69) is 5.32 Å². The highest BCUT2D eigenvalue weighted by Crippen LogP contribution is 2.30. The molecule has 2 rings (SSSR count). The molecule has 4 nitrogen and oxygen atoms in total. The van der Waals surface area contributed by atoms with Crippen LogP contribution in [-0.2, 0) is 4.74 Å². The van der Waals surface area contributed by atoms with Crippen molar-refractivity contribution < 1.29 is 14.2 Å². The number of hydrogen-bond acceptors (Lipinski definition) is 4. The maximum atomic E-state index is 5.43. The van der Waals surface area contributed by atoms with Crippen molar-refractivity contribution in [3.8, 4) is 11.5 Å². The third kappa shape index (κ3) is 3.25. The maximum Gasteiger partial charge on any atom is 0.161 e. The van der Waals surface area contributed by atoms with E-state index in [4.69, 9.17) is 14.2 Å². The molecule has 1 heterocycles.